The van der Waals surface area contributed by atoms with E-state index in [0.717, 1.165) is 22.0 Å². The lowest BCUT2D eigenvalue weighted by molar-refractivity contribution is -0.130. The molecule has 162 valence electrons. The normalized spacial score (nSPS) is 15.7. The van der Waals surface area contributed by atoms with Gasteiger partial charge in [-0.25, -0.2) is 5.01 Å². The molecule has 0 saturated carbocycles. The summed E-state index contributed by atoms with van der Waals surface area (Å²) in [5.74, 6) is 1.45. The minimum Gasteiger partial charge on any atom is -0.495 e. The molecule has 1 amide bonds. The lowest BCUT2D eigenvalue weighted by Crippen LogP contribution is -2.28. The van der Waals surface area contributed by atoms with E-state index in [1.165, 1.54) is 16.8 Å². The molecule has 0 fully saturated rings. The smallest absolute Gasteiger partial charge is 0.253 e. The first-order chi connectivity index (χ1) is 15.7. The van der Waals surface area contributed by atoms with E-state index >= 15 is 0 Å². The van der Waals surface area contributed by atoms with Crippen LogP contribution in [0, 0.1) is 0 Å². The Morgan fingerprint density at radius 3 is 2.94 bits per heavy atom. The van der Waals surface area contributed by atoms with Crippen molar-refractivity contribution in [1.82, 2.24) is 19.8 Å². The van der Waals surface area contributed by atoms with E-state index < -0.39 is 0 Å². The molecule has 0 aliphatic carbocycles. The summed E-state index contributed by atoms with van der Waals surface area (Å²) in [6.45, 7) is 0. The number of para-hydroxylation sites is 2. The van der Waals surface area contributed by atoms with Crippen LogP contribution in [0.15, 0.2) is 81.2 Å². The SMILES string of the molecule is COc1ccccc1-n1cnnc1SCC(=O)N1N=C(c2cccs2)C[C@H]1c1ccco1. The third-order valence-electron chi connectivity index (χ3n) is 5.03. The molecule has 8 nitrogen and oxygen atoms in total. The number of carbonyl (C=O) groups excluding carboxylic acids is 1. The van der Waals surface area contributed by atoms with E-state index in [0.29, 0.717) is 17.3 Å². The fourth-order valence-corrected chi connectivity index (χ4v) is 5.04. The highest BCUT2D eigenvalue weighted by atomic mass is 32.2. The Labute approximate surface area is 192 Å². The van der Waals surface area contributed by atoms with Crippen LogP contribution < -0.4 is 4.74 Å². The number of hydrogen-bond acceptors (Lipinski definition) is 8. The van der Waals surface area contributed by atoms with E-state index in [1.807, 2.05) is 58.5 Å². The lowest BCUT2D eigenvalue weighted by Gasteiger charge is -2.19. The van der Waals surface area contributed by atoms with Gasteiger partial charge < -0.3 is 9.15 Å². The van der Waals surface area contributed by atoms with Gasteiger partial charge in [0, 0.05) is 6.42 Å². The van der Waals surface area contributed by atoms with Crippen molar-refractivity contribution in [2.24, 2.45) is 5.10 Å². The number of benzene rings is 1. The van der Waals surface area contributed by atoms with Crippen LogP contribution in [-0.2, 0) is 4.79 Å². The van der Waals surface area contributed by atoms with Gasteiger partial charge in [0.25, 0.3) is 5.91 Å². The third-order valence-corrected chi connectivity index (χ3v) is 6.88. The van der Waals surface area contributed by atoms with Gasteiger partial charge in [0.15, 0.2) is 5.16 Å². The maximum absolute atomic E-state index is 13.2. The van der Waals surface area contributed by atoms with E-state index in [4.69, 9.17) is 9.15 Å². The summed E-state index contributed by atoms with van der Waals surface area (Å²) in [5, 5.41) is 17.0. The number of rotatable bonds is 7. The topological polar surface area (TPSA) is 85.8 Å². The van der Waals surface area contributed by atoms with Gasteiger partial charge in [-0.15, -0.1) is 21.5 Å². The molecule has 4 aromatic rings. The minimum absolute atomic E-state index is 0.127. The summed E-state index contributed by atoms with van der Waals surface area (Å²) < 4.78 is 12.9. The third kappa shape index (κ3) is 3.94. The standard InChI is InChI=1S/C22H19N5O3S2/c1-29-18-7-3-2-6-16(18)26-14-23-24-22(26)32-13-21(28)27-17(19-8-4-10-30-19)12-15(25-27)20-9-5-11-31-20/h2-11,14,17H,12-13H2,1H3/t17-/m0/s1. The maximum atomic E-state index is 13.2. The number of thiophene rings is 1. The minimum atomic E-state index is -0.262. The van der Waals surface area contributed by atoms with Crippen molar-refractivity contribution in [2.45, 2.75) is 17.6 Å². The molecule has 10 heteroatoms. The number of amides is 1. The first-order valence-corrected chi connectivity index (χ1v) is 11.7. The highest BCUT2D eigenvalue weighted by Crippen LogP contribution is 2.35. The zero-order chi connectivity index (χ0) is 21.9. The van der Waals surface area contributed by atoms with Crippen LogP contribution in [0.4, 0.5) is 0 Å². The van der Waals surface area contributed by atoms with Gasteiger partial charge in [-0.1, -0.05) is 30.0 Å². The van der Waals surface area contributed by atoms with E-state index in [2.05, 4.69) is 15.3 Å². The Hall–Kier alpha value is -3.37. The van der Waals surface area contributed by atoms with Crippen LogP contribution in [-0.4, -0.2) is 44.3 Å². The second kappa shape index (κ2) is 9.01. The molecule has 1 atom stereocenters. The van der Waals surface area contributed by atoms with Crippen LogP contribution in [0.3, 0.4) is 0 Å². The molecule has 1 aromatic carbocycles. The van der Waals surface area contributed by atoms with E-state index in [9.17, 15) is 4.79 Å². The first-order valence-electron chi connectivity index (χ1n) is 9.87. The number of nitrogens with zero attached hydrogens (tertiary/aromatic N) is 5. The van der Waals surface area contributed by atoms with Crippen molar-refractivity contribution in [3.63, 3.8) is 0 Å². The zero-order valence-electron chi connectivity index (χ0n) is 17.1. The molecule has 32 heavy (non-hydrogen) atoms. The number of thioether (sulfide) groups is 1. The number of aromatic nitrogens is 3. The molecule has 0 saturated heterocycles. The van der Waals surface area contributed by atoms with Crippen molar-refractivity contribution in [3.8, 4) is 11.4 Å². The number of methoxy groups -OCH3 is 1. The molecule has 1 aliphatic heterocycles. The van der Waals surface area contributed by atoms with Crippen molar-refractivity contribution in [3.05, 3.63) is 77.1 Å². The Bertz CT molecular complexity index is 1230. The summed E-state index contributed by atoms with van der Waals surface area (Å²) >= 11 is 2.92. The highest BCUT2D eigenvalue weighted by molar-refractivity contribution is 7.99. The second-order valence-corrected chi connectivity index (χ2v) is 8.83. The number of hydrogen-bond donors (Lipinski definition) is 0. The molecule has 4 heterocycles. The van der Waals surface area contributed by atoms with Crippen molar-refractivity contribution in [1.29, 1.82) is 0 Å². The molecule has 0 unspecified atom stereocenters. The Kier molecular flexibility index (Phi) is 5.78. The van der Waals surface area contributed by atoms with E-state index in [1.54, 1.807) is 31.0 Å². The average molecular weight is 466 g/mol. The molecule has 1 aliphatic rings. The summed E-state index contributed by atoms with van der Waals surface area (Å²) in [6, 6.07) is 15.0. The second-order valence-electron chi connectivity index (χ2n) is 6.94. The monoisotopic (exact) mass is 465 g/mol. The van der Waals surface area contributed by atoms with Gasteiger partial charge in [0.05, 0.1) is 35.4 Å². The zero-order valence-corrected chi connectivity index (χ0v) is 18.8. The lowest BCUT2D eigenvalue weighted by atomic mass is 10.1. The van der Waals surface area contributed by atoms with Gasteiger partial charge in [-0.05, 0) is 35.7 Å². The Morgan fingerprint density at radius 2 is 2.16 bits per heavy atom. The number of furan rings is 1. The first kappa shape index (κ1) is 20.5. The predicted octanol–water partition coefficient (Wildman–Crippen LogP) is 4.40. The molecular weight excluding hydrogens is 446 g/mol. The van der Waals surface area contributed by atoms with Crippen LogP contribution >= 0.6 is 23.1 Å². The summed E-state index contributed by atoms with van der Waals surface area (Å²) in [7, 11) is 1.62. The number of ether oxygens (including phenoxy) is 1. The van der Waals surface area contributed by atoms with Crippen molar-refractivity contribution in [2.75, 3.05) is 12.9 Å². The summed E-state index contributed by atoms with van der Waals surface area (Å²) in [6.07, 6.45) is 3.84. The fourth-order valence-electron chi connectivity index (χ4n) is 3.54. The van der Waals surface area contributed by atoms with Crippen LogP contribution in [0.25, 0.3) is 5.69 Å². The van der Waals surface area contributed by atoms with Gasteiger partial charge >= 0.3 is 0 Å². The fraction of sp³-hybridized carbons (Fsp3) is 0.182. The average Bonchev–Trinajstić information content (AvgIpc) is 3.63. The number of carbonyl (C=O) groups is 1. The maximum Gasteiger partial charge on any atom is 0.253 e. The highest BCUT2D eigenvalue weighted by Gasteiger charge is 2.35. The molecular formula is C22H19N5O3S2. The van der Waals surface area contributed by atoms with Gasteiger partial charge in [-0.2, -0.15) is 5.10 Å². The van der Waals surface area contributed by atoms with Gasteiger partial charge in [0.2, 0.25) is 0 Å². The largest absolute Gasteiger partial charge is 0.495 e. The molecule has 3 aromatic heterocycles. The molecule has 5 rings (SSSR count). The molecule has 0 spiro atoms. The van der Waals surface area contributed by atoms with Gasteiger partial charge in [-0.3, -0.25) is 9.36 Å². The summed E-state index contributed by atoms with van der Waals surface area (Å²) in [5.41, 5.74) is 1.69. The Morgan fingerprint density at radius 1 is 1.25 bits per heavy atom. The van der Waals surface area contributed by atoms with Crippen LogP contribution in [0.1, 0.15) is 23.1 Å². The van der Waals surface area contributed by atoms with Crippen LogP contribution in [0.2, 0.25) is 0 Å². The quantitative estimate of drug-likeness (QED) is 0.376. The molecule has 0 bridgehead atoms. The van der Waals surface area contributed by atoms with E-state index in [-0.39, 0.29) is 17.7 Å². The van der Waals surface area contributed by atoms with Gasteiger partial charge in [0.1, 0.15) is 23.9 Å². The predicted molar refractivity (Wildman–Crippen MR) is 122 cm³/mol. The molecule has 0 radical (unpaired) electrons. The van der Waals surface area contributed by atoms with Crippen molar-refractivity contribution < 1.29 is 13.9 Å². The van der Waals surface area contributed by atoms with Crippen molar-refractivity contribution >= 4 is 34.7 Å². The molecule has 0 N–H and O–H groups in total. The van der Waals surface area contributed by atoms with Crippen LogP contribution in [0.5, 0.6) is 5.75 Å². The Balaban J connectivity index is 1.36. The number of hydrazone groups is 1. The summed E-state index contributed by atoms with van der Waals surface area (Å²) in [4.78, 5) is 14.3.